The van der Waals surface area contributed by atoms with Gasteiger partial charge in [-0.05, 0) is 55.5 Å². The van der Waals surface area contributed by atoms with Gasteiger partial charge in [0.1, 0.15) is 0 Å². The van der Waals surface area contributed by atoms with Crippen molar-refractivity contribution in [2.45, 2.75) is 37.6 Å². The first-order chi connectivity index (χ1) is 12.8. The maximum Gasteiger partial charge on any atom is 0.416 e. The number of rotatable bonds is 5. The molecule has 1 atom stereocenters. The lowest BCUT2D eigenvalue weighted by Gasteiger charge is -2.09. The molecular formula is C20H19F3N2OS. The van der Waals surface area contributed by atoms with Gasteiger partial charge in [0.25, 0.3) is 0 Å². The van der Waals surface area contributed by atoms with E-state index in [-0.39, 0.29) is 11.2 Å². The van der Waals surface area contributed by atoms with E-state index in [0.717, 1.165) is 17.3 Å². The Bertz CT molecular complexity index is 864. The molecule has 27 heavy (non-hydrogen) atoms. The molecule has 1 N–H and O–H groups in total. The Morgan fingerprint density at radius 2 is 1.93 bits per heavy atom. The monoisotopic (exact) mass is 392 g/mol. The summed E-state index contributed by atoms with van der Waals surface area (Å²) in [4.78, 5) is 16.6. The normalized spacial score (nSPS) is 18.7. The Morgan fingerprint density at radius 1 is 1.15 bits per heavy atom. The molecule has 1 aliphatic heterocycles. The van der Waals surface area contributed by atoms with Crippen molar-refractivity contribution in [3.8, 4) is 0 Å². The average molecular weight is 392 g/mol. The van der Waals surface area contributed by atoms with Gasteiger partial charge in [0.15, 0.2) is 5.17 Å². The van der Waals surface area contributed by atoms with Gasteiger partial charge in [-0.15, -0.1) is 0 Å². The van der Waals surface area contributed by atoms with E-state index in [9.17, 15) is 18.0 Å². The molecule has 0 aliphatic carbocycles. The number of alkyl halides is 3. The third kappa shape index (κ3) is 5.35. The first-order valence-corrected chi connectivity index (χ1v) is 9.48. The molecule has 1 amide bonds. The van der Waals surface area contributed by atoms with E-state index in [2.05, 4.69) is 10.3 Å². The molecule has 3 rings (SSSR count). The fourth-order valence-electron chi connectivity index (χ4n) is 2.86. The molecule has 2 aromatic carbocycles. The number of hydrogen-bond donors (Lipinski definition) is 1. The molecule has 1 aliphatic rings. The number of halogens is 3. The SMILES string of the molecule is Cc1cccc(N=C2NC(=O)C(CCCc3cccc(C(F)(F)F)c3)S2)c1. The van der Waals surface area contributed by atoms with Gasteiger partial charge in [-0.2, -0.15) is 13.2 Å². The van der Waals surface area contributed by atoms with Gasteiger partial charge >= 0.3 is 6.18 Å². The van der Waals surface area contributed by atoms with Crippen LogP contribution in [-0.2, 0) is 17.4 Å². The lowest BCUT2D eigenvalue weighted by atomic mass is 10.0. The Labute approximate surface area is 160 Å². The van der Waals surface area contributed by atoms with Gasteiger partial charge in [0, 0.05) is 0 Å². The number of carbonyl (C=O) groups is 1. The second-order valence-electron chi connectivity index (χ2n) is 6.44. The minimum Gasteiger partial charge on any atom is -0.304 e. The Hall–Kier alpha value is -2.28. The Kier molecular flexibility index (Phi) is 5.89. The Morgan fingerprint density at radius 3 is 2.67 bits per heavy atom. The second-order valence-corrected chi connectivity index (χ2v) is 7.63. The van der Waals surface area contributed by atoms with Crippen LogP contribution >= 0.6 is 11.8 Å². The molecule has 0 bridgehead atoms. The van der Waals surface area contributed by atoms with Crippen molar-refractivity contribution in [2.24, 2.45) is 4.99 Å². The van der Waals surface area contributed by atoms with Gasteiger partial charge in [0.2, 0.25) is 5.91 Å². The minimum atomic E-state index is -4.33. The van der Waals surface area contributed by atoms with Crippen LogP contribution in [0.15, 0.2) is 53.5 Å². The fraction of sp³-hybridized carbons (Fsp3) is 0.300. The molecule has 1 unspecified atom stereocenters. The first-order valence-electron chi connectivity index (χ1n) is 8.60. The van der Waals surface area contributed by atoms with Crippen LogP contribution in [0.25, 0.3) is 0 Å². The van der Waals surface area contributed by atoms with Gasteiger partial charge in [-0.3, -0.25) is 4.79 Å². The maximum atomic E-state index is 12.8. The molecule has 0 saturated carbocycles. The topological polar surface area (TPSA) is 41.5 Å². The van der Waals surface area contributed by atoms with E-state index in [1.165, 1.54) is 23.9 Å². The highest BCUT2D eigenvalue weighted by atomic mass is 32.2. The number of aliphatic imine (C=N–C) groups is 1. The molecule has 1 heterocycles. The van der Waals surface area contributed by atoms with E-state index >= 15 is 0 Å². The molecule has 142 valence electrons. The zero-order chi connectivity index (χ0) is 19.4. The summed E-state index contributed by atoms with van der Waals surface area (Å²) in [5, 5.41) is 3.07. The van der Waals surface area contributed by atoms with Crippen molar-refractivity contribution in [1.29, 1.82) is 0 Å². The van der Waals surface area contributed by atoms with Crippen molar-refractivity contribution >= 4 is 28.5 Å². The second kappa shape index (κ2) is 8.17. The summed E-state index contributed by atoms with van der Waals surface area (Å²) in [6.07, 6.45) is -2.62. The molecule has 0 radical (unpaired) electrons. The van der Waals surface area contributed by atoms with Crippen LogP contribution in [0.5, 0.6) is 0 Å². The van der Waals surface area contributed by atoms with Crippen LogP contribution in [0.1, 0.15) is 29.5 Å². The third-order valence-corrected chi connectivity index (χ3v) is 5.35. The molecular weight excluding hydrogens is 373 g/mol. The summed E-state index contributed by atoms with van der Waals surface area (Å²) in [6.45, 7) is 1.97. The summed E-state index contributed by atoms with van der Waals surface area (Å²) < 4.78 is 38.3. The van der Waals surface area contributed by atoms with Crippen molar-refractivity contribution in [2.75, 3.05) is 0 Å². The fourth-order valence-corrected chi connectivity index (χ4v) is 3.90. The molecule has 1 saturated heterocycles. The highest BCUT2D eigenvalue weighted by Crippen LogP contribution is 2.30. The number of thioether (sulfide) groups is 1. The predicted molar refractivity (Wildman–Crippen MR) is 102 cm³/mol. The molecule has 3 nitrogen and oxygen atoms in total. The van der Waals surface area contributed by atoms with E-state index < -0.39 is 11.7 Å². The van der Waals surface area contributed by atoms with Gasteiger partial charge in [-0.1, -0.05) is 42.1 Å². The largest absolute Gasteiger partial charge is 0.416 e. The molecule has 7 heteroatoms. The number of amidine groups is 1. The summed E-state index contributed by atoms with van der Waals surface area (Å²) in [6, 6.07) is 13.0. The summed E-state index contributed by atoms with van der Waals surface area (Å²) in [5.74, 6) is -0.101. The zero-order valence-corrected chi connectivity index (χ0v) is 15.5. The van der Waals surface area contributed by atoms with Crippen LogP contribution in [0.4, 0.5) is 18.9 Å². The number of benzene rings is 2. The summed E-state index contributed by atoms with van der Waals surface area (Å²) in [7, 11) is 0. The summed E-state index contributed by atoms with van der Waals surface area (Å²) >= 11 is 1.37. The molecule has 0 aromatic heterocycles. The zero-order valence-electron chi connectivity index (χ0n) is 14.7. The predicted octanol–water partition coefficient (Wildman–Crippen LogP) is 5.26. The quantitative estimate of drug-likeness (QED) is 0.755. The van der Waals surface area contributed by atoms with E-state index in [4.69, 9.17) is 0 Å². The average Bonchev–Trinajstić information content (AvgIpc) is 2.94. The van der Waals surface area contributed by atoms with E-state index in [1.54, 1.807) is 6.07 Å². The number of hydrogen-bond acceptors (Lipinski definition) is 3. The minimum absolute atomic E-state index is 0.101. The van der Waals surface area contributed by atoms with Crippen molar-refractivity contribution in [1.82, 2.24) is 5.32 Å². The van der Waals surface area contributed by atoms with Crippen LogP contribution in [0.3, 0.4) is 0 Å². The Balaban J connectivity index is 1.55. The molecule has 1 fully saturated rings. The molecule has 0 spiro atoms. The standard InChI is InChI=1S/C20H19F3N2OS/c1-13-5-2-9-16(11-13)24-19-25-18(26)17(27-19)10-4-7-14-6-3-8-15(12-14)20(21,22)23/h2-3,5-6,8-9,11-12,17H,4,7,10H2,1H3,(H,24,25,26). The number of carbonyl (C=O) groups excluding carboxylic acids is 1. The van der Waals surface area contributed by atoms with E-state index in [1.807, 2.05) is 31.2 Å². The maximum absolute atomic E-state index is 12.8. The number of aryl methyl sites for hydroxylation is 2. The van der Waals surface area contributed by atoms with Gasteiger partial charge in [0.05, 0.1) is 16.5 Å². The lowest BCUT2D eigenvalue weighted by molar-refractivity contribution is -0.137. The van der Waals surface area contributed by atoms with Crippen LogP contribution < -0.4 is 5.32 Å². The van der Waals surface area contributed by atoms with E-state index in [0.29, 0.717) is 30.0 Å². The van der Waals surface area contributed by atoms with Crippen molar-refractivity contribution in [3.05, 3.63) is 65.2 Å². The number of nitrogens with one attached hydrogen (secondary N) is 1. The van der Waals surface area contributed by atoms with Gasteiger partial charge in [-0.25, -0.2) is 4.99 Å². The summed E-state index contributed by atoms with van der Waals surface area (Å²) in [5.41, 5.74) is 1.86. The third-order valence-electron chi connectivity index (χ3n) is 4.19. The van der Waals surface area contributed by atoms with Gasteiger partial charge < -0.3 is 5.32 Å². The van der Waals surface area contributed by atoms with Crippen LogP contribution in [-0.4, -0.2) is 16.3 Å². The van der Waals surface area contributed by atoms with Crippen molar-refractivity contribution in [3.63, 3.8) is 0 Å². The highest BCUT2D eigenvalue weighted by molar-refractivity contribution is 8.15. The number of amides is 1. The van der Waals surface area contributed by atoms with Crippen LogP contribution in [0.2, 0.25) is 0 Å². The smallest absolute Gasteiger partial charge is 0.304 e. The molecule has 2 aromatic rings. The van der Waals surface area contributed by atoms with Crippen molar-refractivity contribution < 1.29 is 18.0 Å². The first kappa shape index (κ1) is 19.5. The van der Waals surface area contributed by atoms with Crippen LogP contribution in [0, 0.1) is 6.92 Å². The lowest BCUT2D eigenvalue weighted by Crippen LogP contribution is -2.24. The highest BCUT2D eigenvalue weighted by Gasteiger charge is 2.31. The number of nitrogens with zero attached hydrogens (tertiary/aromatic N) is 1.